The second kappa shape index (κ2) is 6.05. The smallest absolute Gasteiger partial charge is 0.223 e. The van der Waals surface area contributed by atoms with Gasteiger partial charge < -0.3 is 10.5 Å². The van der Waals surface area contributed by atoms with E-state index in [4.69, 9.17) is 27.8 Å². The van der Waals surface area contributed by atoms with Gasteiger partial charge in [0.15, 0.2) is 11.5 Å². The van der Waals surface area contributed by atoms with Gasteiger partial charge in [-0.15, -0.1) is 11.3 Å². The number of nitrogens with two attached hydrogens (primary N) is 2. The normalized spacial score (nSPS) is 24.9. The van der Waals surface area contributed by atoms with E-state index in [2.05, 4.69) is 25.9 Å². The summed E-state index contributed by atoms with van der Waals surface area (Å²) in [5.41, 5.74) is 12.8. The van der Waals surface area contributed by atoms with Gasteiger partial charge in [0.1, 0.15) is 10.5 Å². The van der Waals surface area contributed by atoms with Crippen LogP contribution in [0, 0.1) is 0 Å². The third kappa shape index (κ3) is 3.00. The van der Waals surface area contributed by atoms with Crippen LogP contribution in [0.15, 0.2) is 17.5 Å². The molecular weight excluding hydrogens is 388 g/mol. The lowest BCUT2D eigenvalue weighted by atomic mass is 10.0. The number of halogens is 2. The average molecular weight is 404 g/mol. The SMILES string of the molecule is C[C@H](N)CC1(N)Oc2c(Cc3cccs3)nc(Cl)nc2C1Br. The van der Waals surface area contributed by atoms with Crippen LogP contribution >= 0.6 is 38.9 Å². The fourth-order valence-electron chi connectivity index (χ4n) is 2.59. The Balaban J connectivity index is 1.99. The summed E-state index contributed by atoms with van der Waals surface area (Å²) in [5, 5.41) is 2.22. The molecule has 3 atom stereocenters. The Labute approximate surface area is 146 Å². The van der Waals surface area contributed by atoms with E-state index in [1.165, 1.54) is 4.88 Å². The molecule has 0 spiro atoms. The maximum absolute atomic E-state index is 6.39. The number of rotatable bonds is 4. The molecule has 3 heterocycles. The fraction of sp³-hybridized carbons (Fsp3) is 0.429. The summed E-state index contributed by atoms with van der Waals surface area (Å²) in [7, 11) is 0. The van der Waals surface area contributed by atoms with Crippen molar-refractivity contribution in [2.75, 3.05) is 0 Å². The van der Waals surface area contributed by atoms with Crippen LogP contribution in [-0.4, -0.2) is 21.7 Å². The van der Waals surface area contributed by atoms with Crippen molar-refractivity contribution in [1.82, 2.24) is 9.97 Å². The molecule has 22 heavy (non-hydrogen) atoms. The minimum Gasteiger partial charge on any atom is -0.467 e. The summed E-state index contributed by atoms with van der Waals surface area (Å²) in [5.74, 6) is 0.614. The molecule has 0 saturated carbocycles. The number of hydrogen-bond acceptors (Lipinski definition) is 6. The van der Waals surface area contributed by atoms with E-state index in [1.807, 2.05) is 24.4 Å². The first-order valence-electron chi connectivity index (χ1n) is 6.85. The molecule has 8 heteroatoms. The van der Waals surface area contributed by atoms with Crippen LogP contribution in [0.5, 0.6) is 5.75 Å². The Morgan fingerprint density at radius 2 is 2.32 bits per heavy atom. The van der Waals surface area contributed by atoms with Gasteiger partial charge >= 0.3 is 0 Å². The van der Waals surface area contributed by atoms with E-state index in [-0.39, 0.29) is 16.2 Å². The number of nitrogens with zero attached hydrogens (tertiary/aromatic N) is 2. The van der Waals surface area contributed by atoms with Crippen LogP contribution in [0.3, 0.4) is 0 Å². The average Bonchev–Trinajstić information content (AvgIpc) is 2.99. The zero-order valence-electron chi connectivity index (χ0n) is 11.9. The molecule has 0 radical (unpaired) electrons. The Morgan fingerprint density at radius 3 is 2.95 bits per heavy atom. The number of ether oxygens (including phenoxy) is 1. The van der Waals surface area contributed by atoms with E-state index in [0.717, 1.165) is 5.69 Å². The molecule has 1 aliphatic rings. The van der Waals surface area contributed by atoms with Crippen molar-refractivity contribution >= 4 is 38.9 Å². The first-order chi connectivity index (χ1) is 10.4. The van der Waals surface area contributed by atoms with Gasteiger partial charge in [-0.25, -0.2) is 9.97 Å². The van der Waals surface area contributed by atoms with Gasteiger partial charge in [-0.2, -0.15) is 0 Å². The molecule has 0 bridgehead atoms. The van der Waals surface area contributed by atoms with Crippen molar-refractivity contribution < 1.29 is 4.74 Å². The predicted molar refractivity (Wildman–Crippen MR) is 91.6 cm³/mol. The molecule has 118 valence electrons. The molecule has 0 aliphatic carbocycles. The molecule has 5 nitrogen and oxygen atoms in total. The Bertz CT molecular complexity index is 682. The highest BCUT2D eigenvalue weighted by Gasteiger charge is 2.47. The van der Waals surface area contributed by atoms with Crippen LogP contribution < -0.4 is 16.2 Å². The maximum atomic E-state index is 6.39. The Kier molecular flexibility index (Phi) is 4.44. The minimum atomic E-state index is -0.944. The van der Waals surface area contributed by atoms with Crippen LogP contribution in [0.25, 0.3) is 0 Å². The maximum Gasteiger partial charge on any atom is 0.223 e. The highest BCUT2D eigenvalue weighted by molar-refractivity contribution is 9.09. The summed E-state index contributed by atoms with van der Waals surface area (Å²) in [4.78, 5) is 9.52. The summed E-state index contributed by atoms with van der Waals surface area (Å²) in [6.07, 6.45) is 1.13. The lowest BCUT2D eigenvalue weighted by Gasteiger charge is -2.28. The number of thiophene rings is 1. The molecular formula is C14H16BrClN4OS. The summed E-state index contributed by atoms with van der Waals surface area (Å²) < 4.78 is 6.02. The predicted octanol–water partition coefficient (Wildman–Crippen LogP) is 3.00. The Hall–Kier alpha value is -0.730. The van der Waals surface area contributed by atoms with Gasteiger partial charge in [0, 0.05) is 23.8 Å². The zero-order chi connectivity index (χ0) is 15.9. The first kappa shape index (κ1) is 16.1. The summed E-state index contributed by atoms with van der Waals surface area (Å²) >= 11 is 11.3. The van der Waals surface area contributed by atoms with Crippen molar-refractivity contribution in [3.63, 3.8) is 0 Å². The van der Waals surface area contributed by atoms with E-state index in [1.54, 1.807) is 11.3 Å². The topological polar surface area (TPSA) is 87.0 Å². The third-order valence-electron chi connectivity index (χ3n) is 3.46. The van der Waals surface area contributed by atoms with Crippen LogP contribution in [0.4, 0.5) is 0 Å². The molecule has 2 aromatic heterocycles. The summed E-state index contributed by atoms with van der Waals surface area (Å²) in [6, 6.07) is 3.95. The van der Waals surface area contributed by atoms with E-state index in [0.29, 0.717) is 24.3 Å². The second-order valence-corrected chi connectivity index (χ2v) is 7.80. The Morgan fingerprint density at radius 1 is 1.55 bits per heavy atom. The largest absolute Gasteiger partial charge is 0.467 e. The molecule has 0 aromatic carbocycles. The molecule has 4 N–H and O–H groups in total. The third-order valence-corrected chi connectivity index (χ3v) is 5.71. The molecule has 2 unspecified atom stereocenters. The lowest BCUT2D eigenvalue weighted by Crippen LogP contribution is -2.49. The molecule has 0 saturated heterocycles. The number of hydrogen-bond donors (Lipinski definition) is 2. The second-order valence-electron chi connectivity index (χ2n) is 5.51. The van der Waals surface area contributed by atoms with Crippen LogP contribution in [0.1, 0.15) is 34.4 Å². The van der Waals surface area contributed by atoms with Crippen LogP contribution in [0.2, 0.25) is 5.28 Å². The highest BCUT2D eigenvalue weighted by Crippen LogP contribution is 2.48. The monoisotopic (exact) mass is 402 g/mol. The fourth-order valence-corrected chi connectivity index (χ4v) is 4.08. The van der Waals surface area contributed by atoms with Gasteiger partial charge in [-0.3, -0.25) is 5.73 Å². The minimum absolute atomic E-state index is 0.0939. The van der Waals surface area contributed by atoms with Crippen LogP contribution in [-0.2, 0) is 6.42 Å². The van der Waals surface area contributed by atoms with Crippen molar-refractivity contribution in [2.45, 2.75) is 36.4 Å². The van der Waals surface area contributed by atoms with Gasteiger partial charge in [0.25, 0.3) is 0 Å². The van der Waals surface area contributed by atoms with E-state index in [9.17, 15) is 0 Å². The van der Waals surface area contributed by atoms with Crippen molar-refractivity contribution in [2.24, 2.45) is 11.5 Å². The molecule has 0 fully saturated rings. The zero-order valence-corrected chi connectivity index (χ0v) is 15.1. The molecule has 2 aromatic rings. The van der Waals surface area contributed by atoms with Crippen molar-refractivity contribution in [3.8, 4) is 5.75 Å². The number of fused-ring (bicyclic) bond motifs is 1. The number of alkyl halides is 1. The first-order valence-corrected chi connectivity index (χ1v) is 9.02. The standard InChI is InChI=1S/C14H16BrClN4OS/c1-7(17)6-14(18)12(15)10-11(21-14)9(19-13(16)20-10)5-8-3-2-4-22-8/h2-4,7,12H,5-6,17-18H2,1H3/t7-,12?,14?/m0/s1. The quantitative estimate of drug-likeness (QED) is 0.605. The highest BCUT2D eigenvalue weighted by atomic mass is 79.9. The van der Waals surface area contributed by atoms with E-state index < -0.39 is 5.72 Å². The van der Waals surface area contributed by atoms with E-state index >= 15 is 0 Å². The van der Waals surface area contributed by atoms with Gasteiger partial charge in [-0.05, 0) is 30.0 Å². The van der Waals surface area contributed by atoms with Crippen molar-refractivity contribution in [1.29, 1.82) is 0 Å². The molecule has 0 amide bonds. The summed E-state index contributed by atoms with van der Waals surface area (Å²) in [6.45, 7) is 1.89. The van der Waals surface area contributed by atoms with Gasteiger partial charge in [0.05, 0.1) is 5.69 Å². The number of aromatic nitrogens is 2. The van der Waals surface area contributed by atoms with Crippen molar-refractivity contribution in [3.05, 3.63) is 39.1 Å². The molecule has 3 rings (SSSR count). The molecule has 1 aliphatic heterocycles. The van der Waals surface area contributed by atoms with Gasteiger partial charge in [0.2, 0.25) is 5.28 Å². The lowest BCUT2D eigenvalue weighted by molar-refractivity contribution is 0.0834. The van der Waals surface area contributed by atoms with Gasteiger partial charge in [-0.1, -0.05) is 22.0 Å².